The van der Waals surface area contributed by atoms with Gasteiger partial charge in [-0.25, -0.2) is 0 Å². The summed E-state index contributed by atoms with van der Waals surface area (Å²) in [6.07, 6.45) is 3.55. The minimum atomic E-state index is 0.262. The average Bonchev–Trinajstić information content (AvgIpc) is 1.84. The molecule has 0 saturated carbocycles. The van der Waals surface area contributed by atoms with Crippen LogP contribution in [0, 0.1) is 5.41 Å². The molecule has 0 fully saturated rings. The quantitative estimate of drug-likeness (QED) is 0.616. The zero-order valence-electron chi connectivity index (χ0n) is 8.57. The Morgan fingerprint density at radius 3 is 1.45 bits per heavy atom. The lowest BCUT2D eigenvalue weighted by Gasteiger charge is -2.33. The van der Waals surface area contributed by atoms with Crippen LogP contribution in [0.2, 0.25) is 0 Å². The average molecular weight is 174 g/mol. The summed E-state index contributed by atoms with van der Waals surface area (Å²) in [6.45, 7) is 11.3. The van der Waals surface area contributed by atoms with Gasteiger partial charge in [0.2, 0.25) is 0 Å². The molecule has 0 aromatic heterocycles. The zero-order chi connectivity index (χ0) is 9.12. The fourth-order valence-corrected chi connectivity index (χ4v) is 1.96. The molecule has 0 amide bonds. The maximum Gasteiger partial charge on any atom is 0.0129 e. The van der Waals surface area contributed by atoms with Crippen LogP contribution in [0.3, 0.4) is 0 Å². The van der Waals surface area contributed by atoms with Crippen molar-refractivity contribution in [1.82, 2.24) is 0 Å². The van der Waals surface area contributed by atoms with Crippen molar-refractivity contribution in [1.29, 1.82) is 0 Å². The molecular formula is C10H22S. The maximum atomic E-state index is 4.71. The van der Waals surface area contributed by atoms with Gasteiger partial charge in [0.15, 0.2) is 0 Å². The first kappa shape index (κ1) is 11.4. The Balaban J connectivity index is 4.08. The molecule has 0 saturated heterocycles. The third-order valence-corrected chi connectivity index (χ3v) is 2.97. The largest absolute Gasteiger partial charge is 0.173 e. The Bertz CT molecular complexity index is 107. The van der Waals surface area contributed by atoms with E-state index < -0.39 is 0 Å². The Labute approximate surface area is 77.2 Å². The Morgan fingerprint density at radius 1 is 1.00 bits per heavy atom. The molecule has 68 valence electrons. The predicted octanol–water partition coefficient (Wildman–Crippen LogP) is 3.91. The van der Waals surface area contributed by atoms with Gasteiger partial charge in [-0.2, -0.15) is 12.6 Å². The van der Waals surface area contributed by atoms with E-state index in [0.29, 0.717) is 5.41 Å². The van der Waals surface area contributed by atoms with Gasteiger partial charge in [0, 0.05) is 4.75 Å². The molecule has 0 radical (unpaired) electrons. The minimum Gasteiger partial charge on any atom is -0.173 e. The summed E-state index contributed by atoms with van der Waals surface area (Å²) in [4.78, 5) is 0. The van der Waals surface area contributed by atoms with Gasteiger partial charge in [-0.15, -0.1) is 0 Å². The summed E-state index contributed by atoms with van der Waals surface area (Å²) in [5, 5.41) is 0. The molecule has 0 heterocycles. The maximum absolute atomic E-state index is 4.71. The summed E-state index contributed by atoms with van der Waals surface area (Å²) >= 11 is 4.71. The number of rotatable bonds is 3. The van der Waals surface area contributed by atoms with E-state index in [-0.39, 0.29) is 4.75 Å². The summed E-state index contributed by atoms with van der Waals surface area (Å²) in [6, 6.07) is 0. The topological polar surface area (TPSA) is 0 Å². The van der Waals surface area contributed by atoms with Crippen LogP contribution < -0.4 is 0 Å². The first-order chi connectivity index (χ1) is 4.83. The van der Waals surface area contributed by atoms with Crippen molar-refractivity contribution in [2.45, 2.75) is 58.6 Å². The Morgan fingerprint density at radius 2 is 1.36 bits per heavy atom. The number of hydrogen-bond donors (Lipinski definition) is 1. The normalized spacial score (nSPS) is 13.6. The van der Waals surface area contributed by atoms with E-state index in [9.17, 15) is 0 Å². The second-order valence-corrected chi connectivity index (χ2v) is 5.62. The van der Waals surface area contributed by atoms with Crippen molar-refractivity contribution < 1.29 is 0 Å². The third-order valence-electron chi connectivity index (χ3n) is 2.18. The second kappa shape index (κ2) is 3.84. The van der Waals surface area contributed by atoms with Crippen molar-refractivity contribution in [3.8, 4) is 0 Å². The van der Waals surface area contributed by atoms with Crippen LogP contribution in [0.25, 0.3) is 0 Å². The Kier molecular flexibility index (Phi) is 3.96. The molecule has 0 aliphatic carbocycles. The molecule has 11 heavy (non-hydrogen) atoms. The lowest BCUT2D eigenvalue weighted by molar-refractivity contribution is 0.309. The summed E-state index contributed by atoms with van der Waals surface area (Å²) in [5.74, 6) is 0. The van der Waals surface area contributed by atoms with Crippen LogP contribution in [0.15, 0.2) is 0 Å². The van der Waals surface area contributed by atoms with Crippen molar-refractivity contribution in [2.24, 2.45) is 5.41 Å². The molecule has 0 aliphatic heterocycles. The van der Waals surface area contributed by atoms with Crippen molar-refractivity contribution in [3.05, 3.63) is 0 Å². The SMILES string of the molecule is CCC(S)(CC)CC(C)(C)C. The molecule has 0 aromatic carbocycles. The van der Waals surface area contributed by atoms with Gasteiger partial charge in [-0.1, -0.05) is 34.6 Å². The first-order valence-corrected chi connectivity index (χ1v) is 5.00. The summed E-state index contributed by atoms with van der Waals surface area (Å²) < 4.78 is 0.262. The molecule has 0 N–H and O–H groups in total. The monoisotopic (exact) mass is 174 g/mol. The fraction of sp³-hybridized carbons (Fsp3) is 1.00. The van der Waals surface area contributed by atoms with Crippen molar-refractivity contribution >= 4 is 12.6 Å². The van der Waals surface area contributed by atoms with E-state index in [4.69, 9.17) is 12.6 Å². The van der Waals surface area contributed by atoms with Gasteiger partial charge in [0.1, 0.15) is 0 Å². The number of hydrogen-bond acceptors (Lipinski definition) is 1. The zero-order valence-corrected chi connectivity index (χ0v) is 9.46. The van der Waals surface area contributed by atoms with Crippen LogP contribution >= 0.6 is 12.6 Å². The Hall–Kier alpha value is 0.350. The second-order valence-electron chi connectivity index (χ2n) is 4.67. The highest BCUT2D eigenvalue weighted by atomic mass is 32.1. The summed E-state index contributed by atoms with van der Waals surface area (Å²) in [7, 11) is 0. The van der Waals surface area contributed by atoms with Gasteiger partial charge >= 0.3 is 0 Å². The highest BCUT2D eigenvalue weighted by Crippen LogP contribution is 2.36. The smallest absolute Gasteiger partial charge is 0.0129 e. The van der Waals surface area contributed by atoms with E-state index in [1.165, 1.54) is 19.3 Å². The van der Waals surface area contributed by atoms with E-state index in [1.54, 1.807) is 0 Å². The van der Waals surface area contributed by atoms with Crippen LogP contribution in [0.4, 0.5) is 0 Å². The standard InChI is InChI=1S/C10H22S/c1-6-10(11,7-2)8-9(3,4)5/h11H,6-8H2,1-5H3. The van der Waals surface area contributed by atoms with Crippen LogP contribution in [-0.4, -0.2) is 4.75 Å². The van der Waals surface area contributed by atoms with Crippen LogP contribution in [0.1, 0.15) is 53.9 Å². The van der Waals surface area contributed by atoms with Crippen LogP contribution in [-0.2, 0) is 0 Å². The van der Waals surface area contributed by atoms with Crippen molar-refractivity contribution in [2.75, 3.05) is 0 Å². The molecule has 0 aromatic rings. The predicted molar refractivity (Wildman–Crippen MR) is 56.4 cm³/mol. The highest BCUT2D eigenvalue weighted by Gasteiger charge is 2.27. The van der Waals surface area contributed by atoms with E-state index in [0.717, 1.165) is 0 Å². The van der Waals surface area contributed by atoms with Gasteiger partial charge in [0.25, 0.3) is 0 Å². The molecule has 0 rings (SSSR count). The number of thiol groups is 1. The molecule has 0 spiro atoms. The van der Waals surface area contributed by atoms with E-state index >= 15 is 0 Å². The van der Waals surface area contributed by atoms with Gasteiger partial charge in [-0.05, 0) is 24.7 Å². The van der Waals surface area contributed by atoms with E-state index in [1.807, 2.05) is 0 Å². The lowest BCUT2D eigenvalue weighted by Crippen LogP contribution is -2.26. The fourth-order valence-electron chi connectivity index (χ4n) is 1.49. The molecule has 1 heteroatoms. The molecule has 0 bridgehead atoms. The molecule has 0 atom stereocenters. The third kappa shape index (κ3) is 4.73. The molecule has 0 aliphatic rings. The van der Waals surface area contributed by atoms with Gasteiger partial charge in [0.05, 0.1) is 0 Å². The van der Waals surface area contributed by atoms with Crippen LogP contribution in [0.5, 0.6) is 0 Å². The van der Waals surface area contributed by atoms with Gasteiger partial charge < -0.3 is 0 Å². The van der Waals surface area contributed by atoms with E-state index in [2.05, 4.69) is 34.6 Å². The minimum absolute atomic E-state index is 0.262. The first-order valence-electron chi connectivity index (χ1n) is 4.55. The highest BCUT2D eigenvalue weighted by molar-refractivity contribution is 7.81. The molecule has 0 nitrogen and oxygen atoms in total. The van der Waals surface area contributed by atoms with Crippen molar-refractivity contribution in [3.63, 3.8) is 0 Å². The lowest BCUT2D eigenvalue weighted by atomic mass is 9.82. The summed E-state index contributed by atoms with van der Waals surface area (Å²) in [5.41, 5.74) is 0.410. The molecular weight excluding hydrogens is 152 g/mol. The van der Waals surface area contributed by atoms with Gasteiger partial charge in [-0.3, -0.25) is 0 Å². The molecule has 0 unspecified atom stereocenters.